The first-order chi connectivity index (χ1) is 12.2. The molecule has 0 fully saturated rings. The highest BCUT2D eigenvalue weighted by atomic mass is 16.5. The van der Waals surface area contributed by atoms with Crippen LogP contribution in [0.15, 0.2) is 30.3 Å². The lowest BCUT2D eigenvalue weighted by Gasteiger charge is -2.14. The van der Waals surface area contributed by atoms with Gasteiger partial charge in [0.15, 0.2) is 5.75 Å². The zero-order valence-electron chi connectivity index (χ0n) is 14.7. The van der Waals surface area contributed by atoms with Crippen molar-refractivity contribution < 1.29 is 19.3 Å². The minimum absolute atomic E-state index is 0.100. The van der Waals surface area contributed by atoms with E-state index in [4.69, 9.17) is 19.3 Å². The third-order valence-corrected chi connectivity index (χ3v) is 4.22. The van der Waals surface area contributed by atoms with Crippen molar-refractivity contribution in [2.45, 2.75) is 26.1 Å². The van der Waals surface area contributed by atoms with Crippen LogP contribution in [-0.2, 0) is 19.6 Å². The highest BCUT2D eigenvalue weighted by Gasteiger charge is 2.23. The van der Waals surface area contributed by atoms with Gasteiger partial charge in [0.05, 0.1) is 26.5 Å². The predicted molar refractivity (Wildman–Crippen MR) is 93.9 cm³/mol. The van der Waals surface area contributed by atoms with Crippen LogP contribution in [0.3, 0.4) is 0 Å². The Bertz CT molecular complexity index is 703. The molecule has 6 nitrogen and oxygen atoms in total. The summed E-state index contributed by atoms with van der Waals surface area (Å²) in [5, 5.41) is 8.89. The fraction of sp³-hybridized carbons (Fsp3) is 0.421. The predicted octanol–water partition coefficient (Wildman–Crippen LogP) is 2.38. The van der Waals surface area contributed by atoms with Gasteiger partial charge in [-0.15, -0.1) is 0 Å². The van der Waals surface area contributed by atoms with Gasteiger partial charge in [0.25, 0.3) is 5.88 Å². The standard InChI is InChI=1S/C19H24N2O4/c1-23-16-6-4-14(5-7-16)11-21-12-15-10-18(24-2)19(20-17(15)13-21)25-9-3-8-22/h4-7,10,22H,3,8-9,11-13H2,1-2H3. The maximum absolute atomic E-state index is 8.89. The molecule has 0 amide bonds. The van der Waals surface area contributed by atoms with Crippen LogP contribution in [0.2, 0.25) is 0 Å². The Morgan fingerprint density at radius 1 is 1.12 bits per heavy atom. The number of aliphatic hydroxyl groups excluding tert-OH is 1. The summed E-state index contributed by atoms with van der Waals surface area (Å²) in [4.78, 5) is 6.95. The molecule has 1 N–H and O–H groups in total. The maximum atomic E-state index is 8.89. The second-order valence-electron chi connectivity index (χ2n) is 6.02. The number of nitrogens with zero attached hydrogens (tertiary/aromatic N) is 2. The van der Waals surface area contributed by atoms with Gasteiger partial charge in [-0.25, -0.2) is 4.98 Å². The second-order valence-corrected chi connectivity index (χ2v) is 6.02. The first-order valence-electron chi connectivity index (χ1n) is 8.39. The SMILES string of the molecule is COc1ccc(CN2Cc3cc(OC)c(OCCCO)nc3C2)cc1. The molecule has 0 bridgehead atoms. The zero-order chi connectivity index (χ0) is 17.6. The smallest absolute Gasteiger partial charge is 0.257 e. The molecule has 6 heteroatoms. The third kappa shape index (κ3) is 4.21. The van der Waals surface area contributed by atoms with Crippen LogP contribution in [0.5, 0.6) is 17.4 Å². The highest BCUT2D eigenvalue weighted by Crippen LogP contribution is 2.32. The van der Waals surface area contributed by atoms with Crippen molar-refractivity contribution in [3.63, 3.8) is 0 Å². The fourth-order valence-electron chi connectivity index (χ4n) is 2.92. The van der Waals surface area contributed by atoms with E-state index >= 15 is 0 Å². The number of rotatable bonds is 8. The molecule has 0 aliphatic carbocycles. The van der Waals surface area contributed by atoms with Gasteiger partial charge in [0.1, 0.15) is 5.75 Å². The molecule has 1 aromatic heterocycles. The summed E-state index contributed by atoms with van der Waals surface area (Å²) < 4.78 is 16.2. The van der Waals surface area contributed by atoms with Crippen molar-refractivity contribution in [3.05, 3.63) is 47.2 Å². The largest absolute Gasteiger partial charge is 0.497 e. The van der Waals surface area contributed by atoms with Crippen molar-refractivity contribution in [3.8, 4) is 17.4 Å². The first kappa shape index (κ1) is 17.5. The Labute approximate surface area is 148 Å². The minimum Gasteiger partial charge on any atom is -0.497 e. The van der Waals surface area contributed by atoms with E-state index in [0.717, 1.165) is 31.1 Å². The molecule has 25 heavy (non-hydrogen) atoms. The molecule has 1 aliphatic heterocycles. The van der Waals surface area contributed by atoms with Gasteiger partial charge in [-0.3, -0.25) is 4.90 Å². The topological polar surface area (TPSA) is 64.1 Å². The molecule has 1 aromatic carbocycles. The van der Waals surface area contributed by atoms with Gasteiger partial charge in [0, 0.05) is 32.7 Å². The van der Waals surface area contributed by atoms with E-state index in [0.29, 0.717) is 24.7 Å². The summed E-state index contributed by atoms with van der Waals surface area (Å²) in [7, 11) is 3.29. The molecule has 2 heterocycles. The maximum Gasteiger partial charge on any atom is 0.257 e. The number of benzene rings is 1. The van der Waals surface area contributed by atoms with Gasteiger partial charge < -0.3 is 19.3 Å². The fourth-order valence-corrected chi connectivity index (χ4v) is 2.92. The molecule has 2 aromatic rings. The van der Waals surface area contributed by atoms with E-state index in [1.807, 2.05) is 18.2 Å². The Morgan fingerprint density at radius 3 is 2.60 bits per heavy atom. The third-order valence-electron chi connectivity index (χ3n) is 4.22. The lowest BCUT2D eigenvalue weighted by Crippen LogP contribution is -2.15. The van der Waals surface area contributed by atoms with Crippen LogP contribution >= 0.6 is 0 Å². The number of aliphatic hydroxyl groups is 1. The Balaban J connectivity index is 1.68. The molecule has 0 saturated heterocycles. The monoisotopic (exact) mass is 344 g/mol. The van der Waals surface area contributed by atoms with E-state index in [9.17, 15) is 0 Å². The van der Waals surface area contributed by atoms with E-state index in [1.54, 1.807) is 14.2 Å². The summed E-state index contributed by atoms with van der Waals surface area (Å²) in [6.45, 7) is 2.99. The first-order valence-corrected chi connectivity index (χ1v) is 8.39. The van der Waals surface area contributed by atoms with Crippen molar-refractivity contribution in [2.24, 2.45) is 0 Å². The number of aromatic nitrogens is 1. The van der Waals surface area contributed by atoms with Crippen molar-refractivity contribution in [1.82, 2.24) is 9.88 Å². The Morgan fingerprint density at radius 2 is 1.92 bits per heavy atom. The van der Waals surface area contributed by atoms with E-state index < -0.39 is 0 Å². The van der Waals surface area contributed by atoms with E-state index in [2.05, 4.69) is 22.0 Å². The van der Waals surface area contributed by atoms with Gasteiger partial charge in [-0.2, -0.15) is 0 Å². The van der Waals surface area contributed by atoms with Gasteiger partial charge in [0.2, 0.25) is 0 Å². The molecule has 134 valence electrons. The second kappa shape index (κ2) is 8.18. The van der Waals surface area contributed by atoms with Crippen LogP contribution in [0.1, 0.15) is 23.2 Å². The quantitative estimate of drug-likeness (QED) is 0.742. The van der Waals surface area contributed by atoms with Crippen LogP contribution in [0, 0.1) is 0 Å². The van der Waals surface area contributed by atoms with E-state index in [-0.39, 0.29) is 6.61 Å². The van der Waals surface area contributed by atoms with Crippen LogP contribution in [0.4, 0.5) is 0 Å². The summed E-state index contributed by atoms with van der Waals surface area (Å²) in [5.41, 5.74) is 3.42. The molecule has 0 atom stereocenters. The molecule has 0 spiro atoms. The molecular formula is C19H24N2O4. The highest BCUT2D eigenvalue weighted by molar-refractivity contribution is 5.41. The van der Waals surface area contributed by atoms with Gasteiger partial charge in [-0.05, 0) is 29.3 Å². The average Bonchev–Trinajstić information content (AvgIpc) is 3.03. The van der Waals surface area contributed by atoms with Crippen LogP contribution < -0.4 is 14.2 Å². The van der Waals surface area contributed by atoms with Crippen LogP contribution in [0.25, 0.3) is 0 Å². The zero-order valence-corrected chi connectivity index (χ0v) is 14.7. The lowest BCUT2D eigenvalue weighted by molar-refractivity contribution is 0.222. The summed E-state index contributed by atoms with van der Waals surface area (Å²) in [5.74, 6) is 2.01. The van der Waals surface area contributed by atoms with Gasteiger partial charge >= 0.3 is 0 Å². The summed E-state index contributed by atoms with van der Waals surface area (Å²) in [6, 6.07) is 10.1. The van der Waals surface area contributed by atoms with E-state index in [1.165, 1.54) is 11.1 Å². The van der Waals surface area contributed by atoms with Crippen molar-refractivity contribution in [2.75, 3.05) is 27.4 Å². The number of hydrogen-bond acceptors (Lipinski definition) is 6. The number of ether oxygens (including phenoxy) is 3. The number of fused-ring (bicyclic) bond motifs is 1. The normalized spacial score (nSPS) is 13.6. The number of methoxy groups -OCH3 is 2. The molecular weight excluding hydrogens is 320 g/mol. The molecule has 1 aliphatic rings. The molecule has 0 radical (unpaired) electrons. The van der Waals surface area contributed by atoms with Gasteiger partial charge in [-0.1, -0.05) is 12.1 Å². The summed E-state index contributed by atoms with van der Waals surface area (Å²) in [6.07, 6.45) is 0.575. The number of pyridine rings is 1. The number of hydrogen-bond donors (Lipinski definition) is 1. The lowest BCUT2D eigenvalue weighted by atomic mass is 10.2. The average molecular weight is 344 g/mol. The molecule has 0 saturated carbocycles. The van der Waals surface area contributed by atoms with Crippen LogP contribution in [-0.4, -0.2) is 42.4 Å². The minimum atomic E-state index is 0.100. The Kier molecular flexibility index (Phi) is 5.73. The molecule has 0 unspecified atom stereocenters. The van der Waals surface area contributed by atoms with Crippen molar-refractivity contribution >= 4 is 0 Å². The Hall–Kier alpha value is -2.31. The molecule has 3 rings (SSSR count). The summed E-state index contributed by atoms with van der Waals surface area (Å²) >= 11 is 0. The van der Waals surface area contributed by atoms with Crippen molar-refractivity contribution in [1.29, 1.82) is 0 Å².